The van der Waals surface area contributed by atoms with Gasteiger partial charge in [-0.3, -0.25) is 9.59 Å². The van der Waals surface area contributed by atoms with Gasteiger partial charge in [-0.25, -0.2) is 0 Å². The van der Waals surface area contributed by atoms with Gasteiger partial charge in [0.05, 0.1) is 12.5 Å². The first-order valence-electron chi connectivity index (χ1n) is 7.01. The van der Waals surface area contributed by atoms with Gasteiger partial charge in [0.15, 0.2) is 11.5 Å². The minimum atomic E-state index is -0.617. The molecule has 0 aromatic heterocycles. The van der Waals surface area contributed by atoms with Crippen molar-refractivity contribution in [3.63, 3.8) is 0 Å². The Morgan fingerprint density at radius 3 is 2.70 bits per heavy atom. The van der Waals surface area contributed by atoms with Crippen LogP contribution in [-0.4, -0.2) is 18.7 Å². The first-order valence-corrected chi connectivity index (χ1v) is 7.01. The molecule has 0 heterocycles. The quantitative estimate of drug-likeness (QED) is 0.784. The van der Waals surface area contributed by atoms with Crippen LogP contribution >= 0.6 is 0 Å². The molecule has 20 heavy (non-hydrogen) atoms. The first kappa shape index (κ1) is 11.9. The molecule has 1 aromatic rings. The number of hydrogen-bond donors (Lipinski definition) is 0. The summed E-state index contributed by atoms with van der Waals surface area (Å²) in [7, 11) is 1.46. The van der Waals surface area contributed by atoms with Crippen molar-refractivity contribution in [2.45, 2.75) is 19.3 Å². The number of hydrogen-bond acceptors (Lipinski definition) is 3. The molecule has 0 spiro atoms. The average Bonchev–Trinajstić information content (AvgIpc) is 2.77. The van der Waals surface area contributed by atoms with E-state index in [2.05, 4.69) is 12.1 Å². The Hall–Kier alpha value is -1.90. The van der Waals surface area contributed by atoms with Crippen molar-refractivity contribution in [1.82, 2.24) is 0 Å². The molecule has 0 radical (unpaired) electrons. The average molecular weight is 268 g/mol. The normalized spacial score (nSPS) is 37.5. The lowest BCUT2D eigenvalue weighted by Gasteiger charge is -2.57. The molecule has 4 rings (SSSR count). The van der Waals surface area contributed by atoms with Crippen LogP contribution in [0.1, 0.15) is 24.0 Å². The zero-order valence-corrected chi connectivity index (χ0v) is 11.6. The molecule has 1 aromatic carbocycles. The predicted octanol–water partition coefficient (Wildman–Crippen LogP) is 2.26. The highest BCUT2D eigenvalue weighted by Crippen LogP contribution is 2.68. The summed E-state index contributed by atoms with van der Waals surface area (Å²) >= 11 is 0. The molecule has 1 saturated carbocycles. The number of allylic oxidation sites excluding steroid dienone is 2. The number of fused-ring (bicyclic) bond motifs is 6. The molecular formula is C17H16O3. The largest absolute Gasteiger partial charge is 0.493 e. The molecule has 3 aliphatic rings. The number of methoxy groups -OCH3 is 1. The van der Waals surface area contributed by atoms with Gasteiger partial charge in [-0.2, -0.15) is 0 Å². The van der Waals surface area contributed by atoms with E-state index in [9.17, 15) is 9.59 Å². The summed E-state index contributed by atoms with van der Waals surface area (Å²) in [5, 5.41) is 0. The molecule has 3 nitrogen and oxygen atoms in total. The van der Waals surface area contributed by atoms with Crippen LogP contribution in [0.4, 0.5) is 0 Å². The summed E-state index contributed by atoms with van der Waals surface area (Å²) in [5.74, 6) is 0.533. The maximum Gasteiger partial charge on any atom is 0.204 e. The Labute approximate surface area is 117 Å². The third-order valence-corrected chi connectivity index (χ3v) is 5.51. The van der Waals surface area contributed by atoms with E-state index in [0.717, 1.165) is 6.42 Å². The molecule has 1 fully saturated rings. The second-order valence-electron chi connectivity index (χ2n) is 6.25. The highest BCUT2D eigenvalue weighted by molar-refractivity contribution is 6.13. The van der Waals surface area contributed by atoms with Crippen molar-refractivity contribution >= 4 is 11.6 Å². The van der Waals surface area contributed by atoms with Crippen molar-refractivity contribution in [3.8, 4) is 0 Å². The SMILES string of the molecule is COC1=CC(=O)C2[C@H]3Cc4ccccc4[C@H]3[C@@]2(C)C1=O. The highest BCUT2D eigenvalue weighted by Gasteiger charge is 2.69. The molecule has 102 valence electrons. The summed E-state index contributed by atoms with van der Waals surface area (Å²) in [4.78, 5) is 25.1. The van der Waals surface area contributed by atoms with Crippen LogP contribution in [0.2, 0.25) is 0 Å². The van der Waals surface area contributed by atoms with Gasteiger partial charge in [0.25, 0.3) is 0 Å². The fourth-order valence-corrected chi connectivity index (χ4v) is 4.71. The Bertz CT molecular complexity index is 673. The van der Waals surface area contributed by atoms with E-state index in [-0.39, 0.29) is 35.1 Å². The lowest BCUT2D eigenvalue weighted by molar-refractivity contribution is -0.158. The minimum absolute atomic E-state index is 0.0115. The number of carbonyl (C=O) groups excluding carboxylic acids is 2. The molecule has 0 N–H and O–H groups in total. The highest BCUT2D eigenvalue weighted by atomic mass is 16.5. The summed E-state index contributed by atoms with van der Waals surface area (Å²) < 4.78 is 5.12. The Morgan fingerprint density at radius 1 is 1.20 bits per heavy atom. The smallest absolute Gasteiger partial charge is 0.204 e. The van der Waals surface area contributed by atoms with Gasteiger partial charge >= 0.3 is 0 Å². The van der Waals surface area contributed by atoms with Crippen LogP contribution < -0.4 is 0 Å². The number of benzene rings is 1. The molecule has 0 bridgehead atoms. The zero-order valence-electron chi connectivity index (χ0n) is 11.6. The molecule has 4 atom stereocenters. The van der Waals surface area contributed by atoms with Crippen LogP contribution in [0.15, 0.2) is 36.1 Å². The monoisotopic (exact) mass is 268 g/mol. The Balaban J connectivity index is 1.86. The van der Waals surface area contributed by atoms with E-state index in [1.54, 1.807) is 0 Å². The van der Waals surface area contributed by atoms with E-state index in [4.69, 9.17) is 4.74 Å². The van der Waals surface area contributed by atoms with Crippen molar-refractivity contribution < 1.29 is 14.3 Å². The van der Waals surface area contributed by atoms with Gasteiger partial charge in [0.1, 0.15) is 0 Å². The molecule has 0 amide bonds. The summed E-state index contributed by atoms with van der Waals surface area (Å²) in [5.41, 5.74) is 1.92. The van der Waals surface area contributed by atoms with Crippen LogP contribution in [0.3, 0.4) is 0 Å². The van der Waals surface area contributed by atoms with Gasteiger partial charge in [0, 0.05) is 17.9 Å². The van der Waals surface area contributed by atoms with Crippen LogP contribution in [0.5, 0.6) is 0 Å². The summed E-state index contributed by atoms with van der Waals surface area (Å²) in [6.45, 7) is 1.94. The van der Waals surface area contributed by atoms with Crippen molar-refractivity contribution in [1.29, 1.82) is 0 Å². The fourth-order valence-electron chi connectivity index (χ4n) is 4.71. The van der Waals surface area contributed by atoms with Gasteiger partial charge < -0.3 is 4.74 Å². The minimum Gasteiger partial charge on any atom is -0.493 e. The number of rotatable bonds is 1. The van der Waals surface area contributed by atoms with Crippen LogP contribution in [0.25, 0.3) is 0 Å². The van der Waals surface area contributed by atoms with Crippen molar-refractivity contribution in [2.24, 2.45) is 17.3 Å². The molecule has 3 aliphatic carbocycles. The number of ether oxygens (including phenoxy) is 1. The first-order chi connectivity index (χ1) is 9.59. The number of carbonyl (C=O) groups is 2. The molecular weight excluding hydrogens is 252 g/mol. The van der Waals surface area contributed by atoms with Crippen molar-refractivity contribution in [3.05, 3.63) is 47.2 Å². The second-order valence-corrected chi connectivity index (χ2v) is 6.25. The molecule has 1 unspecified atom stereocenters. The summed E-state index contributed by atoms with van der Waals surface area (Å²) in [6.07, 6.45) is 2.31. The maximum atomic E-state index is 12.7. The number of Topliss-reactive ketones (excluding diaryl/α,β-unsaturated/α-hetero) is 1. The van der Waals surface area contributed by atoms with E-state index in [0.29, 0.717) is 0 Å². The number of ketones is 2. The zero-order chi connectivity index (χ0) is 14.1. The van der Waals surface area contributed by atoms with Crippen LogP contribution in [-0.2, 0) is 20.7 Å². The molecule has 3 heteroatoms. The van der Waals surface area contributed by atoms with E-state index in [1.807, 2.05) is 19.1 Å². The topological polar surface area (TPSA) is 43.4 Å². The van der Waals surface area contributed by atoms with E-state index >= 15 is 0 Å². The molecule has 0 saturated heterocycles. The van der Waals surface area contributed by atoms with Crippen LogP contribution in [0, 0.1) is 17.3 Å². The van der Waals surface area contributed by atoms with E-state index in [1.165, 1.54) is 24.3 Å². The summed E-state index contributed by atoms with van der Waals surface area (Å²) in [6, 6.07) is 8.25. The third-order valence-electron chi connectivity index (χ3n) is 5.51. The fraction of sp³-hybridized carbons (Fsp3) is 0.412. The van der Waals surface area contributed by atoms with Gasteiger partial charge in [-0.05, 0) is 23.5 Å². The Morgan fingerprint density at radius 2 is 1.95 bits per heavy atom. The Kier molecular flexibility index (Phi) is 2.14. The van der Waals surface area contributed by atoms with E-state index < -0.39 is 5.41 Å². The van der Waals surface area contributed by atoms with Crippen molar-refractivity contribution in [2.75, 3.05) is 7.11 Å². The second kappa shape index (κ2) is 3.60. The third kappa shape index (κ3) is 1.13. The van der Waals surface area contributed by atoms with Gasteiger partial charge in [0.2, 0.25) is 5.78 Å². The lowest BCUT2D eigenvalue weighted by atomic mass is 9.43. The molecule has 0 aliphatic heterocycles. The van der Waals surface area contributed by atoms with Gasteiger partial charge in [-0.15, -0.1) is 0 Å². The van der Waals surface area contributed by atoms with Gasteiger partial charge in [-0.1, -0.05) is 31.2 Å². The predicted molar refractivity (Wildman–Crippen MR) is 73.1 cm³/mol. The maximum absolute atomic E-state index is 12.7. The lowest BCUT2D eigenvalue weighted by Crippen LogP contribution is -2.61. The standard InChI is InChI=1S/C17H16O3/c1-17-14-10-6-4-3-5-9(10)7-11(14)15(17)12(18)8-13(20-2)16(17)19/h3-6,8,11,14-15H,7H2,1-2H3/t11-,14+,15?,17+/m0/s1.